The molecule has 0 amide bonds. The molecule has 1 fully saturated rings. The van der Waals surface area contributed by atoms with Crippen molar-refractivity contribution in [2.24, 2.45) is 5.92 Å². The normalized spacial score (nSPS) is 28.7. The molecule has 0 saturated carbocycles. The lowest BCUT2D eigenvalue weighted by atomic mass is 9.92. The van der Waals surface area contributed by atoms with Gasteiger partial charge in [-0.1, -0.05) is 31.2 Å². The van der Waals surface area contributed by atoms with Gasteiger partial charge in [0.15, 0.2) is 0 Å². The predicted octanol–water partition coefficient (Wildman–Crippen LogP) is 2.48. The quantitative estimate of drug-likeness (QED) is 0.876. The van der Waals surface area contributed by atoms with E-state index >= 15 is 0 Å². The Bertz CT molecular complexity index is 388. The zero-order valence-corrected chi connectivity index (χ0v) is 12.1. The number of nitrogens with one attached hydrogen (secondary N) is 1. The van der Waals surface area contributed by atoms with Crippen molar-refractivity contribution in [3.05, 3.63) is 35.4 Å². The van der Waals surface area contributed by atoms with Gasteiger partial charge >= 0.3 is 0 Å². The smallest absolute Gasteiger partial charge is 0.0220 e. The number of benzene rings is 1. The summed E-state index contributed by atoms with van der Waals surface area (Å²) in [6, 6.07) is 9.68. The van der Waals surface area contributed by atoms with Gasteiger partial charge in [0.2, 0.25) is 0 Å². The molecule has 0 aromatic heterocycles. The minimum atomic E-state index is 0.704. The van der Waals surface area contributed by atoms with Crippen LogP contribution in [0.4, 0.5) is 0 Å². The van der Waals surface area contributed by atoms with E-state index in [1.165, 1.54) is 51.9 Å². The first kappa shape index (κ1) is 13.1. The van der Waals surface area contributed by atoms with Crippen LogP contribution in [-0.4, -0.2) is 37.1 Å². The van der Waals surface area contributed by atoms with Gasteiger partial charge in [0, 0.05) is 25.7 Å². The Hall–Kier alpha value is -0.860. The molecule has 0 spiro atoms. The van der Waals surface area contributed by atoms with Crippen LogP contribution in [0.25, 0.3) is 0 Å². The lowest BCUT2D eigenvalue weighted by Gasteiger charge is -2.34. The van der Waals surface area contributed by atoms with Crippen LogP contribution in [-0.2, 0) is 12.8 Å². The van der Waals surface area contributed by atoms with Crippen molar-refractivity contribution in [3.63, 3.8) is 0 Å². The summed E-state index contributed by atoms with van der Waals surface area (Å²) in [5, 5.41) is 3.72. The molecule has 2 aliphatic heterocycles. The Morgan fingerprint density at radius 1 is 1.16 bits per heavy atom. The minimum absolute atomic E-state index is 0.704. The summed E-state index contributed by atoms with van der Waals surface area (Å²) in [6.45, 7) is 7.30. The second-order valence-corrected chi connectivity index (χ2v) is 6.25. The van der Waals surface area contributed by atoms with E-state index in [-0.39, 0.29) is 0 Å². The highest BCUT2D eigenvalue weighted by Gasteiger charge is 2.24. The van der Waals surface area contributed by atoms with E-state index in [0.29, 0.717) is 6.04 Å². The van der Waals surface area contributed by atoms with Crippen LogP contribution in [0.1, 0.15) is 30.9 Å². The molecule has 2 heteroatoms. The van der Waals surface area contributed by atoms with Crippen LogP contribution in [0, 0.1) is 5.92 Å². The molecule has 19 heavy (non-hydrogen) atoms. The largest absolute Gasteiger partial charge is 0.312 e. The predicted molar refractivity (Wildman–Crippen MR) is 80.5 cm³/mol. The zero-order chi connectivity index (χ0) is 13.1. The van der Waals surface area contributed by atoms with E-state index in [1.54, 1.807) is 11.1 Å². The summed E-state index contributed by atoms with van der Waals surface area (Å²) in [5.41, 5.74) is 3.13. The van der Waals surface area contributed by atoms with Gasteiger partial charge in [-0.3, -0.25) is 0 Å². The highest BCUT2D eigenvalue weighted by Crippen LogP contribution is 2.19. The third-order valence-electron chi connectivity index (χ3n) is 4.90. The van der Waals surface area contributed by atoms with E-state index in [2.05, 4.69) is 41.4 Å². The first-order valence-electron chi connectivity index (χ1n) is 7.85. The van der Waals surface area contributed by atoms with Crippen molar-refractivity contribution in [1.29, 1.82) is 0 Å². The highest BCUT2D eigenvalue weighted by molar-refractivity contribution is 5.28. The number of nitrogens with zero attached hydrogens (tertiary/aromatic N) is 1. The lowest BCUT2D eigenvalue weighted by molar-refractivity contribution is 0.196. The van der Waals surface area contributed by atoms with Gasteiger partial charge < -0.3 is 10.2 Å². The van der Waals surface area contributed by atoms with Crippen LogP contribution in [0.3, 0.4) is 0 Å². The first-order valence-corrected chi connectivity index (χ1v) is 7.85. The van der Waals surface area contributed by atoms with Crippen molar-refractivity contribution in [2.45, 2.75) is 38.6 Å². The summed E-state index contributed by atoms with van der Waals surface area (Å²) < 4.78 is 0. The van der Waals surface area contributed by atoms with E-state index in [9.17, 15) is 0 Å². The molecule has 1 saturated heterocycles. The van der Waals surface area contributed by atoms with Crippen LogP contribution < -0.4 is 5.32 Å². The second kappa shape index (κ2) is 6.06. The number of rotatable bonds is 2. The standard InChI is InChI=1S/C17H26N2/c1-14-5-4-10-18-17(14)13-19-11-8-15-6-2-3-7-16(15)9-12-19/h2-3,6-7,14,17-18H,4-5,8-13H2,1H3. The van der Waals surface area contributed by atoms with E-state index in [4.69, 9.17) is 0 Å². The van der Waals surface area contributed by atoms with Gasteiger partial charge in [-0.25, -0.2) is 0 Å². The van der Waals surface area contributed by atoms with Crippen LogP contribution in [0.5, 0.6) is 0 Å². The molecule has 2 heterocycles. The van der Waals surface area contributed by atoms with Crippen molar-refractivity contribution in [3.8, 4) is 0 Å². The first-order chi connectivity index (χ1) is 9.33. The topological polar surface area (TPSA) is 15.3 Å². The summed E-state index contributed by atoms with van der Waals surface area (Å²) >= 11 is 0. The zero-order valence-electron chi connectivity index (χ0n) is 12.1. The van der Waals surface area contributed by atoms with Crippen molar-refractivity contribution >= 4 is 0 Å². The lowest BCUT2D eigenvalue weighted by Crippen LogP contribution is -2.48. The molecule has 0 radical (unpaired) electrons. The average molecular weight is 258 g/mol. The molecule has 3 rings (SSSR count). The van der Waals surface area contributed by atoms with Gasteiger partial charge in [0.25, 0.3) is 0 Å². The summed E-state index contributed by atoms with van der Waals surface area (Å²) in [5.74, 6) is 0.833. The molecule has 2 unspecified atom stereocenters. The Morgan fingerprint density at radius 3 is 2.47 bits per heavy atom. The molecule has 1 aromatic carbocycles. The van der Waals surface area contributed by atoms with Crippen LogP contribution in [0.2, 0.25) is 0 Å². The van der Waals surface area contributed by atoms with Gasteiger partial charge in [-0.05, 0) is 49.3 Å². The molecular formula is C17H26N2. The Morgan fingerprint density at radius 2 is 1.84 bits per heavy atom. The SMILES string of the molecule is CC1CCCNC1CN1CCc2ccccc2CC1. The van der Waals surface area contributed by atoms with Gasteiger partial charge in [-0.2, -0.15) is 0 Å². The van der Waals surface area contributed by atoms with Gasteiger partial charge in [0.1, 0.15) is 0 Å². The molecule has 2 nitrogen and oxygen atoms in total. The molecule has 1 aromatic rings. The Kier molecular flexibility index (Phi) is 4.19. The fraction of sp³-hybridized carbons (Fsp3) is 0.647. The van der Waals surface area contributed by atoms with Gasteiger partial charge in [-0.15, -0.1) is 0 Å². The summed E-state index contributed by atoms with van der Waals surface area (Å²) in [4.78, 5) is 2.67. The second-order valence-electron chi connectivity index (χ2n) is 6.25. The molecular weight excluding hydrogens is 232 g/mol. The Labute approximate surface area is 117 Å². The highest BCUT2D eigenvalue weighted by atomic mass is 15.2. The third-order valence-corrected chi connectivity index (χ3v) is 4.90. The Balaban J connectivity index is 1.59. The molecule has 0 bridgehead atoms. The number of hydrogen-bond acceptors (Lipinski definition) is 2. The van der Waals surface area contributed by atoms with Crippen molar-refractivity contribution < 1.29 is 0 Å². The average Bonchev–Trinajstić information content (AvgIpc) is 2.64. The molecule has 2 atom stereocenters. The van der Waals surface area contributed by atoms with Crippen molar-refractivity contribution in [2.75, 3.05) is 26.2 Å². The maximum atomic E-state index is 3.72. The minimum Gasteiger partial charge on any atom is -0.312 e. The van der Waals surface area contributed by atoms with Crippen LogP contribution >= 0.6 is 0 Å². The molecule has 104 valence electrons. The fourth-order valence-electron chi connectivity index (χ4n) is 3.53. The van der Waals surface area contributed by atoms with Gasteiger partial charge in [0.05, 0.1) is 0 Å². The van der Waals surface area contributed by atoms with E-state index < -0.39 is 0 Å². The molecule has 1 N–H and O–H groups in total. The van der Waals surface area contributed by atoms with E-state index in [0.717, 1.165) is 5.92 Å². The number of piperidine rings is 1. The van der Waals surface area contributed by atoms with Crippen molar-refractivity contribution in [1.82, 2.24) is 10.2 Å². The van der Waals surface area contributed by atoms with E-state index in [1.807, 2.05) is 0 Å². The summed E-state index contributed by atoms with van der Waals surface area (Å²) in [7, 11) is 0. The fourth-order valence-corrected chi connectivity index (χ4v) is 3.53. The third kappa shape index (κ3) is 3.18. The molecule has 0 aliphatic carbocycles. The maximum absolute atomic E-state index is 3.72. The summed E-state index contributed by atoms with van der Waals surface area (Å²) in [6.07, 6.45) is 5.18. The maximum Gasteiger partial charge on any atom is 0.0220 e. The monoisotopic (exact) mass is 258 g/mol. The number of hydrogen-bond donors (Lipinski definition) is 1. The molecule has 2 aliphatic rings. The van der Waals surface area contributed by atoms with Crippen LogP contribution in [0.15, 0.2) is 24.3 Å². The number of fused-ring (bicyclic) bond motifs is 1.